The number of hydrogen-bond acceptors (Lipinski definition) is 5. The molecule has 0 radical (unpaired) electrons. The lowest BCUT2D eigenvalue weighted by molar-refractivity contribution is -0.121. The van der Waals surface area contributed by atoms with Crippen molar-refractivity contribution in [3.63, 3.8) is 0 Å². The molecule has 160 valence electrons. The molecule has 2 aromatic carbocycles. The minimum Gasteiger partial charge on any atom is -0.496 e. The summed E-state index contributed by atoms with van der Waals surface area (Å²) in [4.78, 5) is 20.1. The van der Waals surface area contributed by atoms with Gasteiger partial charge in [-0.25, -0.2) is 4.98 Å². The molecule has 0 saturated carbocycles. The Hall–Kier alpha value is -3.19. The van der Waals surface area contributed by atoms with Crippen LogP contribution in [0.2, 0.25) is 5.15 Å². The standard InChI is InChI=1S/C23H22ClN3O4/c1-23(15-10-18-19(11-17(15)29-3)31-9-8-30-18)14-6-4-5-7-16(14)27(22(23)28)13-21-25-12-20(24)26(21)2/h4-7,10-12H,8-9,13H2,1-3H3. The third-order valence-electron chi connectivity index (χ3n) is 6.14. The zero-order valence-corrected chi connectivity index (χ0v) is 18.3. The lowest BCUT2D eigenvalue weighted by Crippen LogP contribution is -2.39. The van der Waals surface area contributed by atoms with Crippen LogP contribution in [0, 0.1) is 0 Å². The van der Waals surface area contributed by atoms with E-state index in [1.165, 1.54) is 0 Å². The number of fused-ring (bicyclic) bond motifs is 2. The first-order valence-electron chi connectivity index (χ1n) is 10.0. The average Bonchev–Trinajstić information content (AvgIpc) is 3.23. The van der Waals surface area contributed by atoms with Crippen molar-refractivity contribution < 1.29 is 19.0 Å². The highest BCUT2D eigenvalue weighted by atomic mass is 35.5. The molecule has 2 aliphatic heterocycles. The largest absolute Gasteiger partial charge is 0.496 e. The number of hydrogen-bond donors (Lipinski definition) is 0. The molecule has 0 N–H and O–H groups in total. The lowest BCUT2D eigenvalue weighted by atomic mass is 9.76. The van der Waals surface area contributed by atoms with E-state index in [0.717, 1.165) is 16.8 Å². The van der Waals surface area contributed by atoms with Crippen LogP contribution in [0.15, 0.2) is 42.6 Å². The Morgan fingerprint density at radius 3 is 2.55 bits per heavy atom. The number of rotatable bonds is 4. The first-order chi connectivity index (χ1) is 14.9. The number of aromatic nitrogens is 2. The van der Waals surface area contributed by atoms with Gasteiger partial charge in [0.25, 0.3) is 0 Å². The van der Waals surface area contributed by atoms with Crippen molar-refractivity contribution in [1.82, 2.24) is 9.55 Å². The number of halogens is 1. The Balaban J connectivity index is 1.66. The monoisotopic (exact) mass is 439 g/mol. The van der Waals surface area contributed by atoms with E-state index >= 15 is 0 Å². The molecule has 8 heteroatoms. The van der Waals surface area contributed by atoms with Gasteiger partial charge in [0.2, 0.25) is 5.91 Å². The number of carbonyl (C=O) groups excluding carboxylic acids is 1. The summed E-state index contributed by atoms with van der Waals surface area (Å²) in [7, 11) is 3.43. The van der Waals surface area contributed by atoms with Gasteiger partial charge in [-0.2, -0.15) is 0 Å². The highest BCUT2D eigenvalue weighted by Crippen LogP contribution is 2.51. The van der Waals surface area contributed by atoms with Gasteiger partial charge in [-0.3, -0.25) is 4.79 Å². The Labute approximate surface area is 185 Å². The van der Waals surface area contributed by atoms with E-state index in [4.69, 9.17) is 25.8 Å². The fourth-order valence-electron chi connectivity index (χ4n) is 4.39. The molecule has 0 spiro atoms. The molecule has 31 heavy (non-hydrogen) atoms. The minimum absolute atomic E-state index is 0.0669. The quantitative estimate of drug-likeness (QED) is 0.620. The second kappa shape index (κ2) is 7.20. The van der Waals surface area contributed by atoms with Gasteiger partial charge in [0.15, 0.2) is 11.5 Å². The van der Waals surface area contributed by atoms with Gasteiger partial charge in [-0.1, -0.05) is 29.8 Å². The van der Waals surface area contributed by atoms with Gasteiger partial charge < -0.3 is 23.7 Å². The van der Waals surface area contributed by atoms with Crippen LogP contribution in [0.5, 0.6) is 17.2 Å². The molecule has 0 fully saturated rings. The molecular formula is C23H22ClN3O4. The number of carbonyl (C=O) groups is 1. The summed E-state index contributed by atoms with van der Waals surface area (Å²) in [5.41, 5.74) is 1.51. The summed E-state index contributed by atoms with van der Waals surface area (Å²) in [6.07, 6.45) is 1.59. The zero-order valence-electron chi connectivity index (χ0n) is 17.5. The van der Waals surface area contributed by atoms with Gasteiger partial charge in [-0.05, 0) is 24.6 Å². The fourth-order valence-corrected chi connectivity index (χ4v) is 4.53. The number of anilines is 1. The van der Waals surface area contributed by atoms with E-state index in [1.807, 2.05) is 44.3 Å². The van der Waals surface area contributed by atoms with Crippen molar-refractivity contribution in [2.75, 3.05) is 25.2 Å². The third kappa shape index (κ3) is 2.87. The molecule has 0 saturated heterocycles. The van der Waals surface area contributed by atoms with Gasteiger partial charge in [0, 0.05) is 24.4 Å². The number of ether oxygens (including phenoxy) is 3. The van der Waals surface area contributed by atoms with Crippen LogP contribution in [0.3, 0.4) is 0 Å². The Bertz CT molecular complexity index is 1190. The van der Waals surface area contributed by atoms with Crippen LogP contribution in [-0.2, 0) is 23.8 Å². The van der Waals surface area contributed by atoms with Crippen molar-refractivity contribution >= 4 is 23.2 Å². The topological polar surface area (TPSA) is 65.8 Å². The average molecular weight is 440 g/mol. The number of para-hydroxylation sites is 1. The molecule has 3 aromatic rings. The minimum atomic E-state index is -0.966. The van der Waals surface area contributed by atoms with Crippen LogP contribution in [0.1, 0.15) is 23.9 Å². The molecular weight excluding hydrogens is 418 g/mol. The van der Waals surface area contributed by atoms with Crippen LogP contribution in [0.4, 0.5) is 5.69 Å². The van der Waals surface area contributed by atoms with E-state index in [1.54, 1.807) is 28.8 Å². The molecule has 2 aliphatic rings. The van der Waals surface area contributed by atoms with E-state index in [9.17, 15) is 4.79 Å². The van der Waals surface area contributed by atoms with E-state index < -0.39 is 5.41 Å². The Kier molecular flexibility index (Phi) is 4.59. The van der Waals surface area contributed by atoms with Crippen LogP contribution < -0.4 is 19.1 Å². The molecule has 0 aliphatic carbocycles. The van der Waals surface area contributed by atoms with Crippen molar-refractivity contribution in [3.8, 4) is 17.2 Å². The van der Waals surface area contributed by atoms with Gasteiger partial charge in [0.1, 0.15) is 35.4 Å². The van der Waals surface area contributed by atoms with Crippen LogP contribution in [0.25, 0.3) is 0 Å². The first-order valence-corrected chi connectivity index (χ1v) is 10.4. The number of imidazole rings is 1. The number of methoxy groups -OCH3 is 1. The normalized spacial score (nSPS) is 19.5. The highest BCUT2D eigenvalue weighted by Gasteiger charge is 2.50. The van der Waals surface area contributed by atoms with Gasteiger partial charge in [0.05, 0.1) is 19.9 Å². The third-order valence-corrected chi connectivity index (χ3v) is 6.49. The van der Waals surface area contributed by atoms with Crippen molar-refractivity contribution in [2.45, 2.75) is 18.9 Å². The molecule has 1 aromatic heterocycles. The maximum Gasteiger partial charge on any atom is 0.242 e. The number of amides is 1. The Morgan fingerprint density at radius 1 is 1.16 bits per heavy atom. The molecule has 1 atom stereocenters. The summed E-state index contributed by atoms with van der Waals surface area (Å²) in [5, 5.41) is 0.520. The van der Waals surface area contributed by atoms with E-state index in [-0.39, 0.29) is 5.91 Å². The number of benzene rings is 2. The maximum atomic E-state index is 14.0. The second-order valence-electron chi connectivity index (χ2n) is 7.79. The smallest absolute Gasteiger partial charge is 0.242 e. The maximum absolute atomic E-state index is 14.0. The Morgan fingerprint density at radius 2 is 1.87 bits per heavy atom. The van der Waals surface area contributed by atoms with Crippen molar-refractivity contribution in [2.24, 2.45) is 7.05 Å². The molecule has 7 nitrogen and oxygen atoms in total. The predicted molar refractivity (Wildman–Crippen MR) is 116 cm³/mol. The first kappa shape index (κ1) is 19.8. The summed E-state index contributed by atoms with van der Waals surface area (Å²) >= 11 is 6.17. The SMILES string of the molecule is COc1cc2c(cc1C1(C)C(=O)N(Cc3ncc(Cl)n3C)c3ccccc31)OCCO2. The summed E-state index contributed by atoms with van der Waals surface area (Å²) < 4.78 is 19.0. The van der Waals surface area contributed by atoms with Crippen molar-refractivity contribution in [3.05, 3.63) is 64.7 Å². The summed E-state index contributed by atoms with van der Waals surface area (Å²) in [5.74, 6) is 2.45. The van der Waals surface area contributed by atoms with Gasteiger partial charge in [-0.15, -0.1) is 0 Å². The fraction of sp³-hybridized carbons (Fsp3) is 0.304. The predicted octanol–water partition coefficient (Wildman–Crippen LogP) is 3.71. The van der Waals surface area contributed by atoms with Gasteiger partial charge >= 0.3 is 0 Å². The summed E-state index contributed by atoms with van der Waals surface area (Å²) in [6.45, 7) is 3.18. The van der Waals surface area contributed by atoms with Crippen LogP contribution in [-0.4, -0.2) is 35.8 Å². The van der Waals surface area contributed by atoms with Crippen molar-refractivity contribution in [1.29, 1.82) is 0 Å². The molecule has 1 unspecified atom stereocenters. The lowest BCUT2D eigenvalue weighted by Gasteiger charge is -2.29. The number of nitrogens with zero attached hydrogens (tertiary/aromatic N) is 3. The molecule has 3 heterocycles. The second-order valence-corrected chi connectivity index (χ2v) is 8.17. The van der Waals surface area contributed by atoms with Crippen LogP contribution >= 0.6 is 11.6 Å². The zero-order chi connectivity index (χ0) is 21.8. The molecule has 5 rings (SSSR count). The molecule has 1 amide bonds. The summed E-state index contributed by atoms with van der Waals surface area (Å²) in [6, 6.07) is 11.5. The van der Waals surface area contributed by atoms with E-state index in [2.05, 4.69) is 4.98 Å². The highest BCUT2D eigenvalue weighted by molar-refractivity contribution is 6.29. The van der Waals surface area contributed by atoms with E-state index in [0.29, 0.717) is 48.0 Å². The molecule has 0 bridgehead atoms.